The van der Waals surface area contributed by atoms with Gasteiger partial charge in [-0.05, 0) is 25.7 Å². The van der Waals surface area contributed by atoms with E-state index in [0.717, 1.165) is 25.7 Å². The maximum absolute atomic E-state index is 9.30. The van der Waals surface area contributed by atoms with E-state index < -0.39 is 0 Å². The van der Waals surface area contributed by atoms with Crippen LogP contribution in [-0.2, 0) is 14.2 Å². The highest BCUT2D eigenvalue weighted by molar-refractivity contribution is 4.71. The van der Waals surface area contributed by atoms with Crippen molar-refractivity contribution in [1.29, 1.82) is 0 Å². The van der Waals surface area contributed by atoms with Gasteiger partial charge in [0.05, 0.1) is 38.6 Å². The highest BCUT2D eigenvalue weighted by atomic mass is 16.5. The first-order chi connectivity index (χ1) is 7.33. The molecule has 1 saturated carbocycles. The molecule has 1 rings (SSSR count). The Balaban J connectivity index is 1.87. The molecule has 1 fully saturated rings. The third-order valence-electron chi connectivity index (χ3n) is 2.66. The zero-order chi connectivity index (χ0) is 10.9. The van der Waals surface area contributed by atoms with Gasteiger partial charge in [0.15, 0.2) is 0 Å². The average Bonchev–Trinajstić information content (AvgIpc) is 2.26. The molecule has 1 N–H and O–H groups in total. The lowest BCUT2D eigenvalue weighted by Gasteiger charge is -2.25. The van der Waals surface area contributed by atoms with Gasteiger partial charge in [-0.3, -0.25) is 0 Å². The predicted molar refractivity (Wildman–Crippen MR) is 56.9 cm³/mol. The molecule has 0 aromatic carbocycles. The largest absolute Gasteiger partial charge is 0.393 e. The van der Waals surface area contributed by atoms with Crippen molar-refractivity contribution in [3.8, 4) is 0 Å². The minimum atomic E-state index is -0.109. The fraction of sp³-hybridized carbons (Fsp3) is 1.00. The quantitative estimate of drug-likeness (QED) is 0.647. The Bertz CT molecular complexity index is 144. The van der Waals surface area contributed by atoms with E-state index in [0.29, 0.717) is 32.5 Å². The van der Waals surface area contributed by atoms with E-state index in [9.17, 15) is 5.11 Å². The van der Waals surface area contributed by atoms with Crippen LogP contribution in [0, 0.1) is 0 Å². The van der Waals surface area contributed by atoms with E-state index in [4.69, 9.17) is 14.2 Å². The van der Waals surface area contributed by atoms with Crippen molar-refractivity contribution in [2.75, 3.05) is 33.5 Å². The summed E-state index contributed by atoms with van der Waals surface area (Å²) in [6.07, 6.45) is 3.89. The zero-order valence-electron chi connectivity index (χ0n) is 9.48. The van der Waals surface area contributed by atoms with E-state index in [1.54, 1.807) is 7.11 Å². The van der Waals surface area contributed by atoms with Gasteiger partial charge in [0.25, 0.3) is 0 Å². The molecular weight excluding hydrogens is 196 g/mol. The molecule has 1 aliphatic rings. The fourth-order valence-corrected chi connectivity index (χ4v) is 1.73. The summed E-state index contributed by atoms with van der Waals surface area (Å²) in [6.45, 7) is 2.53. The van der Waals surface area contributed by atoms with Crippen molar-refractivity contribution < 1.29 is 19.3 Å². The number of hydrogen-bond acceptors (Lipinski definition) is 4. The molecule has 0 spiro atoms. The first-order valence-corrected chi connectivity index (χ1v) is 5.69. The van der Waals surface area contributed by atoms with Crippen molar-refractivity contribution >= 4 is 0 Å². The van der Waals surface area contributed by atoms with Crippen molar-refractivity contribution in [3.05, 3.63) is 0 Å². The smallest absolute Gasteiger partial charge is 0.0704 e. The van der Waals surface area contributed by atoms with Crippen molar-refractivity contribution in [3.63, 3.8) is 0 Å². The minimum Gasteiger partial charge on any atom is -0.393 e. The van der Waals surface area contributed by atoms with Crippen LogP contribution in [0.2, 0.25) is 0 Å². The first-order valence-electron chi connectivity index (χ1n) is 5.69. The van der Waals surface area contributed by atoms with Crippen molar-refractivity contribution in [2.24, 2.45) is 0 Å². The van der Waals surface area contributed by atoms with E-state index in [1.165, 1.54) is 0 Å². The Kier molecular flexibility index (Phi) is 6.92. The van der Waals surface area contributed by atoms with Crippen LogP contribution in [0.3, 0.4) is 0 Å². The molecule has 0 heterocycles. The number of aliphatic hydroxyl groups excluding tert-OH is 1. The van der Waals surface area contributed by atoms with Gasteiger partial charge in [-0.2, -0.15) is 0 Å². The van der Waals surface area contributed by atoms with Crippen LogP contribution in [0.25, 0.3) is 0 Å². The van der Waals surface area contributed by atoms with Crippen LogP contribution >= 0.6 is 0 Å². The minimum absolute atomic E-state index is 0.109. The second-order valence-corrected chi connectivity index (χ2v) is 3.91. The maximum atomic E-state index is 9.30. The Hall–Kier alpha value is -0.160. The molecule has 0 saturated heterocycles. The molecule has 0 unspecified atom stereocenters. The molecule has 0 aromatic heterocycles. The summed E-state index contributed by atoms with van der Waals surface area (Å²) in [5.74, 6) is 0. The molecule has 0 radical (unpaired) electrons. The molecule has 4 heteroatoms. The molecule has 0 aromatic rings. The van der Waals surface area contributed by atoms with Crippen LogP contribution in [0.4, 0.5) is 0 Å². The predicted octanol–water partition coefficient (Wildman–Crippen LogP) is 0.969. The monoisotopic (exact) mass is 218 g/mol. The van der Waals surface area contributed by atoms with Gasteiger partial charge in [0, 0.05) is 7.11 Å². The summed E-state index contributed by atoms with van der Waals surface area (Å²) in [7, 11) is 1.66. The molecule has 90 valence electrons. The summed E-state index contributed by atoms with van der Waals surface area (Å²) in [6, 6.07) is 0. The molecule has 0 amide bonds. The third kappa shape index (κ3) is 6.10. The van der Waals surface area contributed by atoms with Crippen LogP contribution < -0.4 is 0 Å². The summed E-state index contributed by atoms with van der Waals surface area (Å²) in [5.41, 5.74) is 0. The maximum Gasteiger partial charge on any atom is 0.0704 e. The first kappa shape index (κ1) is 12.9. The average molecular weight is 218 g/mol. The van der Waals surface area contributed by atoms with Gasteiger partial charge in [-0.15, -0.1) is 0 Å². The van der Waals surface area contributed by atoms with Crippen LogP contribution in [0.1, 0.15) is 25.7 Å². The number of methoxy groups -OCH3 is 1. The van der Waals surface area contributed by atoms with Gasteiger partial charge in [-0.1, -0.05) is 0 Å². The number of aliphatic hydroxyl groups is 1. The Morgan fingerprint density at radius 2 is 1.67 bits per heavy atom. The van der Waals surface area contributed by atoms with Gasteiger partial charge >= 0.3 is 0 Å². The van der Waals surface area contributed by atoms with Crippen molar-refractivity contribution in [1.82, 2.24) is 0 Å². The summed E-state index contributed by atoms with van der Waals surface area (Å²) >= 11 is 0. The lowest BCUT2D eigenvalue weighted by Crippen LogP contribution is -2.25. The topological polar surface area (TPSA) is 47.9 Å². The Morgan fingerprint density at radius 3 is 2.33 bits per heavy atom. The zero-order valence-corrected chi connectivity index (χ0v) is 9.48. The van der Waals surface area contributed by atoms with E-state index in [2.05, 4.69) is 0 Å². The SMILES string of the molecule is COCCOCCOC1CCC(O)CC1. The third-order valence-corrected chi connectivity index (χ3v) is 2.66. The second kappa shape index (κ2) is 8.05. The number of hydrogen-bond donors (Lipinski definition) is 1. The van der Waals surface area contributed by atoms with E-state index in [1.807, 2.05) is 0 Å². The molecule has 4 nitrogen and oxygen atoms in total. The van der Waals surface area contributed by atoms with Gasteiger partial charge in [0.1, 0.15) is 0 Å². The second-order valence-electron chi connectivity index (χ2n) is 3.91. The fourth-order valence-electron chi connectivity index (χ4n) is 1.73. The standard InChI is InChI=1S/C11H22O4/c1-13-6-7-14-8-9-15-11-4-2-10(12)3-5-11/h10-12H,2-9H2,1H3. The van der Waals surface area contributed by atoms with Crippen LogP contribution in [-0.4, -0.2) is 50.9 Å². The molecule has 0 bridgehead atoms. The van der Waals surface area contributed by atoms with Crippen LogP contribution in [0.5, 0.6) is 0 Å². The van der Waals surface area contributed by atoms with Gasteiger partial charge < -0.3 is 19.3 Å². The highest BCUT2D eigenvalue weighted by Crippen LogP contribution is 2.20. The summed E-state index contributed by atoms with van der Waals surface area (Å²) in [5, 5.41) is 9.30. The normalized spacial score (nSPS) is 26.8. The molecular formula is C11H22O4. The van der Waals surface area contributed by atoms with E-state index in [-0.39, 0.29) is 6.10 Å². The van der Waals surface area contributed by atoms with Gasteiger partial charge in [0.2, 0.25) is 0 Å². The Labute approximate surface area is 91.5 Å². The lowest BCUT2D eigenvalue weighted by atomic mass is 9.95. The molecule has 0 aliphatic heterocycles. The van der Waals surface area contributed by atoms with Crippen molar-refractivity contribution in [2.45, 2.75) is 37.9 Å². The molecule has 15 heavy (non-hydrogen) atoms. The summed E-state index contributed by atoms with van der Waals surface area (Å²) in [4.78, 5) is 0. The molecule has 1 aliphatic carbocycles. The molecule has 0 atom stereocenters. The van der Waals surface area contributed by atoms with E-state index >= 15 is 0 Å². The van der Waals surface area contributed by atoms with Crippen LogP contribution in [0.15, 0.2) is 0 Å². The highest BCUT2D eigenvalue weighted by Gasteiger charge is 2.19. The number of rotatable bonds is 7. The summed E-state index contributed by atoms with van der Waals surface area (Å²) < 4.78 is 15.8. The number of ether oxygens (including phenoxy) is 3. The Morgan fingerprint density at radius 1 is 1.00 bits per heavy atom. The van der Waals surface area contributed by atoms with Gasteiger partial charge in [-0.25, -0.2) is 0 Å². The lowest BCUT2D eigenvalue weighted by molar-refractivity contribution is -0.0334.